The lowest BCUT2D eigenvalue weighted by Gasteiger charge is -2.04. The van der Waals surface area contributed by atoms with E-state index in [-0.39, 0.29) is 5.91 Å². The molecule has 0 aliphatic heterocycles. The molecule has 0 fully saturated rings. The Labute approximate surface area is 118 Å². The summed E-state index contributed by atoms with van der Waals surface area (Å²) in [6.45, 7) is 9.18. The van der Waals surface area contributed by atoms with Gasteiger partial charge in [-0.2, -0.15) is 4.36 Å². The third-order valence-corrected chi connectivity index (χ3v) is 4.85. The maximum atomic E-state index is 11.4. The van der Waals surface area contributed by atoms with E-state index in [0.29, 0.717) is 23.3 Å². The summed E-state index contributed by atoms with van der Waals surface area (Å²) in [6, 6.07) is 0. The summed E-state index contributed by atoms with van der Waals surface area (Å²) in [5, 5.41) is 0. The van der Waals surface area contributed by atoms with Gasteiger partial charge in [0.2, 0.25) is 0 Å². The number of hydrogen-bond donors (Lipinski definition) is 1. The van der Waals surface area contributed by atoms with Crippen LogP contribution in [-0.2, 0) is 24.3 Å². The number of rotatable bonds is 4. The van der Waals surface area contributed by atoms with Crippen LogP contribution in [-0.4, -0.2) is 38.3 Å². The molecule has 0 spiro atoms. The minimum Gasteiger partial charge on any atom is -0.272 e. The normalized spacial score (nSPS) is 17.1. The summed E-state index contributed by atoms with van der Waals surface area (Å²) < 4.78 is 32.6. The highest BCUT2D eigenvalue weighted by atomic mass is 32.2. The molecular weight excluding hydrogens is 284 g/mol. The quantitative estimate of drug-likeness (QED) is 0.865. The molecule has 0 radical (unpaired) electrons. The third kappa shape index (κ3) is 20.1. The van der Waals surface area contributed by atoms with Gasteiger partial charge in [0.1, 0.15) is 0 Å². The first-order chi connectivity index (χ1) is 8.25. The molecule has 7 heteroatoms. The fraction of sp³-hybridized carbons (Fsp3) is 0.917. The average Bonchev–Trinajstić information content (AvgIpc) is 1.91. The molecule has 1 amide bonds. The Morgan fingerprint density at radius 1 is 1.05 bits per heavy atom. The van der Waals surface area contributed by atoms with Crippen molar-refractivity contribution < 1.29 is 13.2 Å². The molecule has 0 aromatic carbocycles. The van der Waals surface area contributed by atoms with Gasteiger partial charge in [0.05, 0.1) is 9.73 Å². The van der Waals surface area contributed by atoms with E-state index in [9.17, 15) is 13.2 Å². The van der Waals surface area contributed by atoms with E-state index in [4.69, 9.17) is 4.78 Å². The molecular formula is C12H28N2O3S2. The number of nitrogens with one attached hydrogen (secondary N) is 1. The van der Waals surface area contributed by atoms with Gasteiger partial charge in [-0.1, -0.05) is 27.7 Å². The largest absolute Gasteiger partial charge is 0.272 e. The average molecular weight is 313 g/mol. The SMILES string of the molecule is CC(=O)N=S(C)(=O)CC(C)C.CC(C)CS(C)(=N)=O. The molecule has 0 saturated carbocycles. The second-order valence-electron chi connectivity index (χ2n) is 5.70. The first-order valence-corrected chi connectivity index (χ1v) is 10.4. The lowest BCUT2D eigenvalue weighted by molar-refractivity contribution is -0.115. The molecule has 2 atom stereocenters. The summed E-state index contributed by atoms with van der Waals surface area (Å²) in [5.74, 6) is 1.36. The first-order valence-electron chi connectivity index (χ1n) is 6.17. The van der Waals surface area contributed by atoms with E-state index in [1.54, 1.807) is 0 Å². The smallest absolute Gasteiger partial charge is 0.250 e. The Morgan fingerprint density at radius 3 is 1.58 bits per heavy atom. The molecule has 0 rings (SSSR count). The van der Waals surface area contributed by atoms with Crippen molar-refractivity contribution in [3.05, 3.63) is 0 Å². The van der Waals surface area contributed by atoms with Gasteiger partial charge in [-0.25, -0.2) is 4.21 Å². The van der Waals surface area contributed by atoms with Gasteiger partial charge in [-0.15, -0.1) is 0 Å². The van der Waals surface area contributed by atoms with Crippen LogP contribution in [0.15, 0.2) is 4.36 Å². The van der Waals surface area contributed by atoms with Crippen molar-refractivity contribution in [2.45, 2.75) is 34.6 Å². The number of amides is 1. The molecule has 116 valence electrons. The highest BCUT2D eigenvalue weighted by Crippen LogP contribution is 2.01. The van der Waals surface area contributed by atoms with Gasteiger partial charge in [-0.05, 0) is 11.8 Å². The summed E-state index contributed by atoms with van der Waals surface area (Å²) in [4.78, 5) is 10.5. The van der Waals surface area contributed by atoms with Crippen molar-refractivity contribution in [3.63, 3.8) is 0 Å². The molecule has 19 heavy (non-hydrogen) atoms. The van der Waals surface area contributed by atoms with Gasteiger partial charge < -0.3 is 0 Å². The van der Waals surface area contributed by atoms with Crippen molar-refractivity contribution in [2.75, 3.05) is 24.0 Å². The summed E-state index contributed by atoms with van der Waals surface area (Å²) in [6.07, 6.45) is 3.00. The van der Waals surface area contributed by atoms with E-state index in [1.165, 1.54) is 19.4 Å². The van der Waals surface area contributed by atoms with Crippen LogP contribution in [0.5, 0.6) is 0 Å². The number of nitrogens with zero attached hydrogens (tertiary/aromatic N) is 1. The monoisotopic (exact) mass is 312 g/mol. The standard InChI is InChI=1S/C7H15NO2S.C5H13NOS/c1-6(2)5-11(4,10)8-7(3)9;1-5(2)4-8(3,6)7/h6H,5H2,1-4H3;5-6H,4H2,1-3H3. The van der Waals surface area contributed by atoms with Crippen LogP contribution < -0.4 is 0 Å². The van der Waals surface area contributed by atoms with Crippen LogP contribution in [0.1, 0.15) is 34.6 Å². The van der Waals surface area contributed by atoms with Gasteiger partial charge in [0.15, 0.2) is 0 Å². The van der Waals surface area contributed by atoms with E-state index >= 15 is 0 Å². The lowest BCUT2D eigenvalue weighted by Crippen LogP contribution is -2.10. The summed E-state index contributed by atoms with van der Waals surface area (Å²) in [7, 11) is -4.48. The molecule has 0 aliphatic rings. The first kappa shape index (κ1) is 20.9. The van der Waals surface area contributed by atoms with E-state index in [1.807, 2.05) is 27.7 Å². The van der Waals surface area contributed by atoms with E-state index < -0.39 is 19.5 Å². The lowest BCUT2D eigenvalue weighted by atomic mass is 10.3. The molecule has 5 nitrogen and oxygen atoms in total. The molecule has 0 aromatic heterocycles. The maximum Gasteiger partial charge on any atom is 0.250 e. The predicted octanol–water partition coefficient (Wildman–Crippen LogP) is 2.61. The molecule has 0 saturated heterocycles. The van der Waals surface area contributed by atoms with Crippen molar-refractivity contribution in [1.82, 2.24) is 0 Å². The number of hydrogen-bond acceptors (Lipinski definition) is 4. The molecule has 0 aromatic rings. The second-order valence-corrected chi connectivity index (χ2v) is 10.5. The van der Waals surface area contributed by atoms with Gasteiger partial charge in [0, 0.05) is 40.7 Å². The highest BCUT2D eigenvalue weighted by Gasteiger charge is 2.05. The highest BCUT2D eigenvalue weighted by molar-refractivity contribution is 7.93. The van der Waals surface area contributed by atoms with Crippen LogP contribution in [0.3, 0.4) is 0 Å². The second kappa shape index (κ2) is 8.68. The Balaban J connectivity index is 0. The Morgan fingerprint density at radius 2 is 1.42 bits per heavy atom. The molecule has 0 bridgehead atoms. The predicted molar refractivity (Wildman–Crippen MR) is 83.4 cm³/mol. The van der Waals surface area contributed by atoms with Crippen molar-refractivity contribution in [2.24, 2.45) is 16.2 Å². The topological polar surface area (TPSA) is 87.4 Å². The van der Waals surface area contributed by atoms with Crippen molar-refractivity contribution in [3.8, 4) is 0 Å². The van der Waals surface area contributed by atoms with Crippen LogP contribution >= 0.6 is 0 Å². The van der Waals surface area contributed by atoms with Gasteiger partial charge in [0.25, 0.3) is 5.91 Å². The van der Waals surface area contributed by atoms with Crippen LogP contribution in [0.2, 0.25) is 0 Å². The maximum absolute atomic E-state index is 11.4. The minimum atomic E-state index is -2.25. The molecule has 0 heterocycles. The fourth-order valence-electron chi connectivity index (χ4n) is 1.56. The Kier molecular flexibility index (Phi) is 9.54. The Hall–Kier alpha value is -0.430. The fourth-order valence-corrected chi connectivity index (χ4v) is 4.69. The Bertz CT molecular complexity index is 485. The zero-order valence-corrected chi connectivity index (χ0v) is 14.7. The molecule has 0 aliphatic carbocycles. The zero-order chi connectivity index (χ0) is 15.9. The van der Waals surface area contributed by atoms with Crippen molar-refractivity contribution in [1.29, 1.82) is 4.78 Å². The summed E-state index contributed by atoms with van der Waals surface area (Å²) in [5.41, 5.74) is 0. The summed E-state index contributed by atoms with van der Waals surface area (Å²) >= 11 is 0. The molecule has 2 unspecified atom stereocenters. The minimum absolute atomic E-state index is 0.315. The zero-order valence-electron chi connectivity index (χ0n) is 13.1. The number of carbonyl (C=O) groups excluding carboxylic acids is 1. The van der Waals surface area contributed by atoms with Crippen LogP contribution in [0.4, 0.5) is 0 Å². The van der Waals surface area contributed by atoms with Crippen molar-refractivity contribution >= 4 is 25.4 Å². The number of carbonyl (C=O) groups is 1. The van der Waals surface area contributed by atoms with E-state index in [0.717, 1.165) is 0 Å². The third-order valence-electron chi connectivity index (χ3n) is 1.62. The van der Waals surface area contributed by atoms with Gasteiger partial charge in [-0.3, -0.25) is 13.8 Å². The van der Waals surface area contributed by atoms with E-state index in [2.05, 4.69) is 4.36 Å². The van der Waals surface area contributed by atoms with Crippen LogP contribution in [0, 0.1) is 16.6 Å². The molecule has 1 N–H and O–H groups in total. The van der Waals surface area contributed by atoms with Crippen LogP contribution in [0.25, 0.3) is 0 Å². The van der Waals surface area contributed by atoms with Gasteiger partial charge >= 0.3 is 0 Å².